The van der Waals surface area contributed by atoms with E-state index >= 15 is 0 Å². The van der Waals surface area contributed by atoms with Gasteiger partial charge in [-0.1, -0.05) is 71.4 Å². The number of Topliss-reactive ketones (excluding diaryl/α,β-unsaturated/α-hetero) is 1. The van der Waals surface area contributed by atoms with Crippen molar-refractivity contribution in [2.75, 3.05) is 0 Å². The molecule has 0 aliphatic rings. The van der Waals surface area contributed by atoms with E-state index in [1.807, 2.05) is 67.8 Å². The lowest BCUT2D eigenvalue weighted by Crippen LogP contribution is -2.20. The second-order valence-corrected chi connectivity index (χ2v) is 9.00. The molecule has 0 saturated heterocycles. The molecular weight excluding hydrogens is 400 g/mol. The lowest BCUT2D eigenvalue weighted by molar-refractivity contribution is 0.0989. The SMILES string of the molecule is Cc1ccc(C(=O)C(Sc2nc3sccc3c(=O)n2C)c2ccc(C)cc2)cc1. The highest BCUT2D eigenvalue weighted by atomic mass is 32.2. The fourth-order valence-electron chi connectivity index (χ4n) is 3.07. The van der Waals surface area contributed by atoms with Gasteiger partial charge >= 0.3 is 0 Å². The highest BCUT2D eigenvalue weighted by Crippen LogP contribution is 2.37. The predicted octanol–water partition coefficient (Wildman–Crippen LogP) is 5.33. The van der Waals surface area contributed by atoms with Gasteiger partial charge in [0.15, 0.2) is 10.9 Å². The van der Waals surface area contributed by atoms with Gasteiger partial charge in [0.25, 0.3) is 5.56 Å². The minimum absolute atomic E-state index is 0.000575. The van der Waals surface area contributed by atoms with Gasteiger partial charge in [-0.05, 0) is 30.9 Å². The van der Waals surface area contributed by atoms with Crippen LogP contribution < -0.4 is 5.56 Å². The molecule has 0 N–H and O–H groups in total. The van der Waals surface area contributed by atoms with Crippen molar-refractivity contribution in [3.05, 3.63) is 92.6 Å². The van der Waals surface area contributed by atoms with Crippen LogP contribution in [0.5, 0.6) is 0 Å². The highest BCUT2D eigenvalue weighted by Gasteiger charge is 2.26. The van der Waals surface area contributed by atoms with Crippen molar-refractivity contribution < 1.29 is 4.79 Å². The first-order chi connectivity index (χ1) is 13.9. The number of carbonyl (C=O) groups excluding carboxylic acids is 1. The minimum atomic E-state index is -0.492. The Morgan fingerprint density at radius 1 is 1.00 bits per heavy atom. The van der Waals surface area contributed by atoms with Crippen molar-refractivity contribution >= 4 is 39.1 Å². The third kappa shape index (κ3) is 3.91. The number of aryl methyl sites for hydroxylation is 2. The summed E-state index contributed by atoms with van der Waals surface area (Å²) in [7, 11) is 1.71. The fraction of sp³-hybridized carbons (Fsp3) is 0.174. The van der Waals surface area contributed by atoms with Crippen LogP contribution in [0, 0.1) is 13.8 Å². The van der Waals surface area contributed by atoms with Crippen LogP contribution in [0.25, 0.3) is 10.2 Å². The summed E-state index contributed by atoms with van der Waals surface area (Å²) in [6, 6.07) is 17.3. The number of hydrogen-bond acceptors (Lipinski definition) is 5. The Balaban J connectivity index is 1.79. The zero-order valence-corrected chi connectivity index (χ0v) is 18.0. The number of rotatable bonds is 5. The first-order valence-electron chi connectivity index (χ1n) is 9.22. The summed E-state index contributed by atoms with van der Waals surface area (Å²) < 4.78 is 1.53. The molecule has 4 rings (SSSR count). The summed E-state index contributed by atoms with van der Waals surface area (Å²) >= 11 is 2.76. The molecule has 1 atom stereocenters. The van der Waals surface area contributed by atoms with Crippen LogP contribution in [0.3, 0.4) is 0 Å². The van der Waals surface area contributed by atoms with Gasteiger partial charge in [0.05, 0.1) is 5.39 Å². The summed E-state index contributed by atoms with van der Waals surface area (Å²) in [6.45, 7) is 4.01. The van der Waals surface area contributed by atoms with E-state index < -0.39 is 5.25 Å². The van der Waals surface area contributed by atoms with E-state index in [1.165, 1.54) is 27.7 Å². The monoisotopic (exact) mass is 420 g/mol. The molecule has 0 bridgehead atoms. The Morgan fingerprint density at radius 3 is 2.28 bits per heavy atom. The molecule has 146 valence electrons. The third-order valence-corrected chi connectivity index (χ3v) is 6.95. The molecule has 6 heteroatoms. The van der Waals surface area contributed by atoms with Crippen LogP contribution in [0.4, 0.5) is 0 Å². The van der Waals surface area contributed by atoms with Crippen molar-refractivity contribution in [3.8, 4) is 0 Å². The molecule has 0 saturated carbocycles. The van der Waals surface area contributed by atoms with Crippen LogP contribution >= 0.6 is 23.1 Å². The number of ketones is 1. The number of thiophene rings is 1. The van der Waals surface area contributed by atoms with E-state index in [2.05, 4.69) is 4.98 Å². The maximum absolute atomic E-state index is 13.4. The Bertz CT molecular complexity index is 1240. The number of thioether (sulfide) groups is 1. The quantitative estimate of drug-likeness (QED) is 0.249. The average molecular weight is 421 g/mol. The van der Waals surface area contributed by atoms with Gasteiger partial charge in [-0.25, -0.2) is 4.98 Å². The Hall–Kier alpha value is -2.70. The Morgan fingerprint density at radius 2 is 1.62 bits per heavy atom. The largest absolute Gasteiger partial charge is 0.293 e. The molecule has 2 aromatic carbocycles. The Kier molecular flexibility index (Phi) is 5.39. The highest BCUT2D eigenvalue weighted by molar-refractivity contribution is 8.00. The molecule has 29 heavy (non-hydrogen) atoms. The van der Waals surface area contributed by atoms with Crippen LogP contribution in [0.15, 0.2) is 69.9 Å². The molecule has 0 radical (unpaired) electrons. The number of aromatic nitrogens is 2. The minimum Gasteiger partial charge on any atom is -0.293 e. The molecule has 0 fully saturated rings. The Labute approximate surface area is 177 Å². The van der Waals surface area contributed by atoms with Gasteiger partial charge in [-0.3, -0.25) is 14.2 Å². The summed E-state index contributed by atoms with van der Waals surface area (Å²) in [5.41, 5.74) is 3.69. The summed E-state index contributed by atoms with van der Waals surface area (Å²) in [5.74, 6) is -0.000575. The van der Waals surface area contributed by atoms with Crippen LogP contribution in [-0.2, 0) is 7.05 Å². The maximum Gasteiger partial charge on any atom is 0.262 e. The first-order valence-corrected chi connectivity index (χ1v) is 11.0. The van der Waals surface area contributed by atoms with Crippen LogP contribution in [0.1, 0.15) is 32.3 Å². The standard InChI is InChI=1S/C23H20N2O2S2/c1-14-4-8-16(9-5-14)19(26)20(17-10-6-15(2)7-11-17)29-23-24-21-18(12-13-28-21)22(27)25(23)3/h4-13,20H,1-3H3. The van der Waals surface area contributed by atoms with Gasteiger partial charge in [-0.15, -0.1) is 11.3 Å². The van der Waals surface area contributed by atoms with Crippen molar-refractivity contribution in [1.82, 2.24) is 9.55 Å². The van der Waals surface area contributed by atoms with E-state index in [-0.39, 0.29) is 11.3 Å². The topological polar surface area (TPSA) is 52.0 Å². The second kappa shape index (κ2) is 7.97. The molecule has 4 aromatic rings. The van der Waals surface area contributed by atoms with E-state index in [9.17, 15) is 9.59 Å². The number of fused-ring (bicyclic) bond motifs is 1. The molecule has 0 aliphatic carbocycles. The van der Waals surface area contributed by atoms with Crippen molar-refractivity contribution in [2.45, 2.75) is 24.3 Å². The average Bonchev–Trinajstić information content (AvgIpc) is 3.19. The zero-order valence-electron chi connectivity index (χ0n) is 16.4. The number of carbonyl (C=O) groups is 1. The van der Waals surface area contributed by atoms with Gasteiger partial charge in [0, 0.05) is 12.6 Å². The number of hydrogen-bond donors (Lipinski definition) is 0. The summed E-state index contributed by atoms with van der Waals surface area (Å²) in [5, 5.41) is 2.52. The van der Waals surface area contributed by atoms with Gasteiger partial charge in [0.1, 0.15) is 10.1 Å². The molecule has 2 aromatic heterocycles. The summed E-state index contributed by atoms with van der Waals surface area (Å²) in [6.07, 6.45) is 0. The molecule has 0 spiro atoms. The van der Waals surface area contributed by atoms with Crippen LogP contribution in [-0.4, -0.2) is 15.3 Å². The van der Waals surface area contributed by atoms with Crippen molar-refractivity contribution in [3.63, 3.8) is 0 Å². The van der Waals surface area contributed by atoms with Crippen molar-refractivity contribution in [1.29, 1.82) is 0 Å². The van der Waals surface area contributed by atoms with E-state index in [4.69, 9.17) is 0 Å². The van der Waals surface area contributed by atoms with Crippen molar-refractivity contribution in [2.24, 2.45) is 7.05 Å². The van der Waals surface area contributed by atoms with E-state index in [0.29, 0.717) is 20.9 Å². The van der Waals surface area contributed by atoms with Gasteiger partial charge in [0.2, 0.25) is 0 Å². The molecule has 2 heterocycles. The maximum atomic E-state index is 13.4. The molecule has 4 nitrogen and oxygen atoms in total. The second-order valence-electron chi connectivity index (χ2n) is 7.04. The normalized spacial score (nSPS) is 12.2. The first kappa shape index (κ1) is 19.6. The molecule has 0 aliphatic heterocycles. The van der Waals surface area contributed by atoms with Gasteiger partial charge < -0.3 is 0 Å². The van der Waals surface area contributed by atoms with E-state index in [0.717, 1.165) is 16.7 Å². The lowest BCUT2D eigenvalue weighted by atomic mass is 10.0. The summed E-state index contributed by atoms with van der Waals surface area (Å²) in [4.78, 5) is 31.5. The fourth-order valence-corrected chi connectivity index (χ4v) is 5.02. The van der Waals surface area contributed by atoms with Crippen LogP contribution in [0.2, 0.25) is 0 Å². The number of nitrogens with zero attached hydrogens (tertiary/aromatic N) is 2. The molecular formula is C23H20N2O2S2. The van der Waals surface area contributed by atoms with Gasteiger partial charge in [-0.2, -0.15) is 0 Å². The van der Waals surface area contributed by atoms with E-state index in [1.54, 1.807) is 13.1 Å². The predicted molar refractivity (Wildman–Crippen MR) is 120 cm³/mol. The third-order valence-electron chi connectivity index (χ3n) is 4.84. The number of benzene rings is 2. The molecule has 1 unspecified atom stereocenters. The smallest absolute Gasteiger partial charge is 0.262 e. The zero-order chi connectivity index (χ0) is 20.5. The lowest BCUT2D eigenvalue weighted by Gasteiger charge is -2.17. The molecule has 0 amide bonds.